The lowest BCUT2D eigenvalue weighted by Crippen LogP contribution is -2.44. The summed E-state index contributed by atoms with van der Waals surface area (Å²) >= 11 is 3.26. The van der Waals surface area contributed by atoms with E-state index in [-0.39, 0.29) is 28.4 Å². The molecule has 2 aromatic carbocycles. The number of para-hydroxylation sites is 1. The molecule has 15 heteroatoms. The Morgan fingerprint density at radius 3 is 2.22 bits per heavy atom. The van der Waals surface area contributed by atoms with E-state index in [0.29, 0.717) is 34.8 Å². The van der Waals surface area contributed by atoms with Crippen LogP contribution < -0.4 is 18.5 Å². The summed E-state index contributed by atoms with van der Waals surface area (Å²) in [6.07, 6.45) is -1.50. The molecule has 2 aromatic heterocycles. The van der Waals surface area contributed by atoms with Gasteiger partial charge in [0.25, 0.3) is 0 Å². The summed E-state index contributed by atoms with van der Waals surface area (Å²) in [6.45, 7) is 7.86. The van der Waals surface area contributed by atoms with Crippen LogP contribution in [0.4, 0.5) is 10.3 Å². The first kappa shape index (κ1) is 34.3. The van der Waals surface area contributed by atoms with Crippen LogP contribution in [0.3, 0.4) is 0 Å². The first-order valence-electron chi connectivity index (χ1n) is 14.1. The van der Waals surface area contributed by atoms with E-state index in [1.165, 1.54) is 55.3 Å². The number of anilines is 1. The fraction of sp³-hybridized carbons (Fsp3) is 0.367. The molecule has 0 aliphatic heterocycles. The van der Waals surface area contributed by atoms with Gasteiger partial charge in [-0.1, -0.05) is 53.8 Å². The minimum absolute atomic E-state index is 0.0482. The van der Waals surface area contributed by atoms with Gasteiger partial charge in [-0.05, 0) is 48.9 Å². The Hall–Kier alpha value is -3.53. The maximum absolute atomic E-state index is 14.6. The number of aromatic nitrogens is 4. The van der Waals surface area contributed by atoms with E-state index < -0.39 is 35.3 Å². The zero-order valence-electron chi connectivity index (χ0n) is 26.2. The lowest BCUT2D eigenvalue weighted by Gasteiger charge is -2.31. The average molecular weight is 723 g/mol. The normalized spacial score (nSPS) is 13.3. The standard InChI is InChI=1S/C30H37BrFN5O6SSi/c1-19(28(38)21-15-14-20(32)18-22(21)31)44(39,40)36(16-17-45(5,6)7)30-35-34-29(23-10-8-13-26(33-23)43-4)37(30)27-24(41-2)11-9-12-25(27)42-3/h8-15,18-19,28,38H,16-17H2,1-7H3/t19-,28+/m0/s1. The Morgan fingerprint density at radius 1 is 1.00 bits per heavy atom. The van der Waals surface area contributed by atoms with Gasteiger partial charge in [0.1, 0.15) is 33.9 Å². The van der Waals surface area contributed by atoms with Crippen molar-refractivity contribution in [2.24, 2.45) is 0 Å². The minimum Gasteiger partial charge on any atom is -0.494 e. The fourth-order valence-electron chi connectivity index (χ4n) is 4.65. The molecule has 4 rings (SSSR count). The molecule has 0 aliphatic carbocycles. The van der Waals surface area contributed by atoms with Crippen molar-refractivity contribution in [1.29, 1.82) is 0 Å². The van der Waals surface area contributed by atoms with Gasteiger partial charge < -0.3 is 19.3 Å². The number of hydrogen-bond donors (Lipinski definition) is 1. The molecule has 1 N–H and O–H groups in total. The lowest BCUT2D eigenvalue weighted by atomic mass is 10.1. The van der Waals surface area contributed by atoms with Crippen molar-refractivity contribution in [2.45, 2.75) is 44.0 Å². The SMILES string of the molecule is COc1cccc(-c2nnc(N(CC[Si](C)(C)C)S(=O)(=O)[C@@H](C)[C@@H](O)c3ccc(F)cc3Br)n2-c2c(OC)cccc2OC)n1. The molecule has 0 saturated heterocycles. The van der Waals surface area contributed by atoms with Gasteiger partial charge in [-0.3, -0.25) is 4.57 Å². The Kier molecular flexibility index (Phi) is 10.6. The maximum atomic E-state index is 14.6. The predicted octanol–water partition coefficient (Wildman–Crippen LogP) is 5.85. The van der Waals surface area contributed by atoms with E-state index in [9.17, 15) is 17.9 Å². The second-order valence-corrected chi connectivity index (χ2v) is 20.2. The quantitative estimate of drug-likeness (QED) is 0.169. The number of aliphatic hydroxyl groups is 1. The van der Waals surface area contributed by atoms with Gasteiger partial charge in [-0.25, -0.2) is 22.1 Å². The van der Waals surface area contributed by atoms with Crippen LogP contribution in [0, 0.1) is 5.82 Å². The highest BCUT2D eigenvalue weighted by Gasteiger charge is 2.40. The number of hydrogen-bond acceptors (Lipinski definition) is 9. The molecule has 0 aliphatic rings. The number of rotatable bonds is 13. The second kappa shape index (κ2) is 13.8. The lowest BCUT2D eigenvalue weighted by molar-refractivity contribution is 0.175. The summed E-state index contributed by atoms with van der Waals surface area (Å²) < 4.78 is 62.7. The van der Waals surface area contributed by atoms with Gasteiger partial charge >= 0.3 is 0 Å². The first-order chi connectivity index (χ1) is 21.2. The Balaban J connectivity index is 2.00. The number of nitrogens with zero attached hydrogens (tertiary/aromatic N) is 5. The van der Waals surface area contributed by atoms with Crippen molar-refractivity contribution in [3.63, 3.8) is 0 Å². The summed E-state index contributed by atoms with van der Waals surface area (Å²) in [5.74, 6) is 0.682. The molecule has 2 atom stereocenters. The molecule has 4 aromatic rings. The molecular weight excluding hydrogens is 685 g/mol. The molecule has 0 radical (unpaired) electrons. The maximum Gasteiger partial charge on any atom is 0.246 e. The number of methoxy groups -OCH3 is 3. The number of ether oxygens (including phenoxy) is 3. The highest BCUT2D eigenvalue weighted by Crippen LogP contribution is 2.40. The van der Waals surface area contributed by atoms with Crippen molar-refractivity contribution in [2.75, 3.05) is 32.2 Å². The van der Waals surface area contributed by atoms with Crippen molar-refractivity contribution in [1.82, 2.24) is 19.7 Å². The van der Waals surface area contributed by atoms with Crippen LogP contribution in [0.1, 0.15) is 18.6 Å². The third kappa shape index (κ3) is 7.32. The average Bonchev–Trinajstić information content (AvgIpc) is 3.43. The van der Waals surface area contributed by atoms with Crippen molar-refractivity contribution in [3.05, 3.63) is 70.5 Å². The molecule has 0 fully saturated rings. The number of benzene rings is 2. The Labute approximate surface area is 272 Å². The van der Waals surface area contributed by atoms with Crippen molar-refractivity contribution < 1.29 is 32.1 Å². The van der Waals surface area contributed by atoms with Gasteiger partial charge in [0.2, 0.25) is 21.9 Å². The van der Waals surface area contributed by atoms with E-state index >= 15 is 0 Å². The van der Waals surface area contributed by atoms with Crippen LogP contribution in [-0.4, -0.2) is 74.5 Å². The van der Waals surface area contributed by atoms with Gasteiger partial charge in [0.15, 0.2) is 5.82 Å². The van der Waals surface area contributed by atoms with E-state index in [4.69, 9.17) is 14.2 Å². The molecule has 45 heavy (non-hydrogen) atoms. The molecule has 0 unspecified atom stereocenters. The largest absolute Gasteiger partial charge is 0.494 e. The van der Waals surface area contributed by atoms with Crippen molar-refractivity contribution >= 4 is 40.0 Å². The Bertz CT molecular complexity index is 1750. The number of sulfonamides is 1. The fourth-order valence-corrected chi connectivity index (χ4v) is 7.86. The van der Waals surface area contributed by atoms with Gasteiger partial charge in [-0.2, -0.15) is 0 Å². The number of halogens is 2. The molecule has 0 bridgehead atoms. The van der Waals surface area contributed by atoms with Gasteiger partial charge in [0, 0.05) is 25.2 Å². The molecule has 0 spiro atoms. The summed E-state index contributed by atoms with van der Waals surface area (Å²) in [5, 5.41) is 18.8. The van der Waals surface area contributed by atoms with Crippen LogP contribution in [0.5, 0.6) is 17.4 Å². The zero-order chi connectivity index (χ0) is 33.1. The highest BCUT2D eigenvalue weighted by atomic mass is 79.9. The summed E-state index contributed by atoms with van der Waals surface area (Å²) in [4.78, 5) is 4.53. The van der Waals surface area contributed by atoms with Crippen LogP contribution in [0.2, 0.25) is 25.7 Å². The minimum atomic E-state index is -4.36. The topological polar surface area (TPSA) is 129 Å². The van der Waals surface area contributed by atoms with E-state index in [1.807, 2.05) is 0 Å². The molecule has 0 saturated carbocycles. The monoisotopic (exact) mass is 721 g/mol. The summed E-state index contributed by atoms with van der Waals surface area (Å²) in [7, 11) is -1.72. The van der Waals surface area contributed by atoms with Crippen molar-refractivity contribution in [3.8, 4) is 34.6 Å². The number of pyridine rings is 1. The molecule has 2 heterocycles. The summed E-state index contributed by atoms with van der Waals surface area (Å²) in [5.41, 5.74) is 0.934. The van der Waals surface area contributed by atoms with Gasteiger partial charge in [-0.15, -0.1) is 10.2 Å². The zero-order valence-corrected chi connectivity index (χ0v) is 29.6. The Morgan fingerprint density at radius 2 is 1.64 bits per heavy atom. The molecule has 0 amide bonds. The smallest absolute Gasteiger partial charge is 0.246 e. The second-order valence-electron chi connectivity index (χ2n) is 11.5. The summed E-state index contributed by atoms with van der Waals surface area (Å²) in [6, 6.07) is 14.6. The van der Waals surface area contributed by atoms with Gasteiger partial charge in [0.05, 0.1) is 27.4 Å². The predicted molar refractivity (Wildman–Crippen MR) is 177 cm³/mol. The van der Waals surface area contributed by atoms with E-state index in [0.717, 1.165) is 0 Å². The third-order valence-corrected chi connectivity index (χ3v) is 11.8. The third-order valence-electron chi connectivity index (χ3n) is 7.22. The molecular formula is C30H37BrFN5O6SSi. The van der Waals surface area contributed by atoms with Crippen LogP contribution in [-0.2, 0) is 10.0 Å². The molecule has 11 nitrogen and oxygen atoms in total. The van der Waals surface area contributed by atoms with Crippen LogP contribution >= 0.6 is 15.9 Å². The van der Waals surface area contributed by atoms with E-state index in [1.54, 1.807) is 36.4 Å². The van der Waals surface area contributed by atoms with Crippen LogP contribution in [0.25, 0.3) is 17.2 Å². The molecule has 242 valence electrons. The van der Waals surface area contributed by atoms with Crippen LogP contribution in [0.15, 0.2) is 59.1 Å². The van der Waals surface area contributed by atoms with E-state index in [2.05, 4.69) is 50.8 Å². The first-order valence-corrected chi connectivity index (χ1v) is 20.1. The number of aliphatic hydroxyl groups excluding tert-OH is 1. The highest BCUT2D eigenvalue weighted by molar-refractivity contribution is 9.10.